The lowest BCUT2D eigenvalue weighted by atomic mass is 9.82. The summed E-state index contributed by atoms with van der Waals surface area (Å²) in [6, 6.07) is -2.18. The van der Waals surface area contributed by atoms with Crippen LogP contribution in [0.25, 0.3) is 0 Å². The molecule has 2 rings (SSSR count). The van der Waals surface area contributed by atoms with Crippen molar-refractivity contribution in [3.8, 4) is 0 Å². The van der Waals surface area contributed by atoms with E-state index in [9.17, 15) is 78.6 Å². The molecule has 0 aromatic rings. The van der Waals surface area contributed by atoms with Crippen molar-refractivity contribution in [2.75, 3.05) is 86.0 Å². The van der Waals surface area contributed by atoms with E-state index in [1.807, 2.05) is 6.92 Å². The topological polar surface area (TPSA) is 459 Å². The van der Waals surface area contributed by atoms with E-state index in [0.717, 1.165) is 38.5 Å². The highest BCUT2D eigenvalue weighted by Gasteiger charge is 2.46. The molecule has 10 atom stereocenters. The van der Waals surface area contributed by atoms with Crippen LogP contribution in [0, 0.1) is 0 Å². The Balaban J connectivity index is 2.05. The van der Waals surface area contributed by atoms with Gasteiger partial charge in [-0.15, -0.1) is 0 Å². The van der Waals surface area contributed by atoms with Gasteiger partial charge in [-0.3, -0.25) is 47.9 Å². The molecule has 0 radical (unpaired) electrons. The SMILES string of the molecule is CCCCC(=O)NCCCNC(=O)CCC(CCC(=O)NCCCNC(=O)CCCCO[C@@H]1OC(CO)[C@H](O)[C@H](O)C1NC(C)=O)(CCC(=O)NCCCNC(=O)CCCCO[C@@H]1OC(CO)[C@H](O)[C@H](O)C1NC(C)=O)NC(=O)CCCC(=O)NCCCCCCOC. The molecule has 2 saturated heterocycles. The molecular formula is C62H112N10O21. The molecule has 2 fully saturated rings. The van der Waals surface area contributed by atoms with Crippen molar-refractivity contribution in [1.29, 1.82) is 0 Å². The lowest BCUT2D eigenvalue weighted by Crippen LogP contribution is -2.64. The Labute approximate surface area is 546 Å². The first-order valence-corrected chi connectivity index (χ1v) is 33.3. The van der Waals surface area contributed by atoms with Crippen LogP contribution in [0.1, 0.15) is 181 Å². The van der Waals surface area contributed by atoms with E-state index in [4.69, 9.17) is 23.7 Å². The molecule has 93 heavy (non-hydrogen) atoms. The standard InChI is InChI=1S/C62H112N10O21/c1-5-6-19-46(77)64-31-16-34-67-50(81)24-27-62(72-53(84)23-15-22-49(80)63-30-11-7-8-12-37-89-4,28-25-51(82)68-35-17-32-65-47(78)20-9-13-38-90-60-54(70-42(2)75)58(87)56(85)44(40-73)92-60)29-26-52(83)69-36-18-33-66-48(79)21-10-14-39-91-61-55(71-43(3)76)59(88)57(86)45(41-74)93-61/h44-45,54-61,73-74,85-88H,5-41H2,1-4H3,(H,63,80)(H,64,77)(H,65,78)(H,66,79)(H,67,81)(H,68,82)(H,69,83)(H,70,75)(H,71,76)(H,72,84)/t44?,45?,54?,55?,56-,57-,58+,59+,60+,61+,62?/m0/s1. The molecule has 0 aliphatic carbocycles. The second-order valence-electron chi connectivity index (χ2n) is 23.7. The maximum Gasteiger partial charge on any atom is 0.220 e. The second-order valence-corrected chi connectivity index (χ2v) is 23.7. The summed E-state index contributed by atoms with van der Waals surface area (Å²) in [6.45, 7) is 6.03. The minimum atomic E-state index is -1.46. The van der Waals surface area contributed by atoms with Gasteiger partial charge >= 0.3 is 0 Å². The zero-order valence-corrected chi connectivity index (χ0v) is 55.2. The number of aliphatic hydroxyl groups excluding tert-OH is 6. The molecule has 0 bridgehead atoms. The third kappa shape index (κ3) is 37.2. The fourth-order valence-electron chi connectivity index (χ4n) is 10.3. The zero-order chi connectivity index (χ0) is 68.8. The summed E-state index contributed by atoms with van der Waals surface area (Å²) in [7, 11) is 1.65. The molecule has 31 heteroatoms. The van der Waals surface area contributed by atoms with Crippen LogP contribution in [-0.2, 0) is 71.6 Å². The summed E-state index contributed by atoms with van der Waals surface area (Å²) in [5.41, 5.74) is -1.26. The van der Waals surface area contributed by atoms with Crippen molar-refractivity contribution in [2.24, 2.45) is 0 Å². The highest BCUT2D eigenvalue weighted by atomic mass is 16.7. The Bertz CT molecular complexity index is 2110. The highest BCUT2D eigenvalue weighted by molar-refractivity contribution is 5.81. The average Bonchev–Trinajstić information content (AvgIpc) is 0.866. The molecule has 10 amide bonds. The molecule has 4 unspecified atom stereocenters. The fraction of sp³-hybridized carbons (Fsp3) is 0.839. The number of rotatable bonds is 52. The summed E-state index contributed by atoms with van der Waals surface area (Å²) >= 11 is 0. The van der Waals surface area contributed by atoms with Crippen LogP contribution < -0.4 is 53.2 Å². The van der Waals surface area contributed by atoms with Gasteiger partial charge in [0.2, 0.25) is 59.1 Å². The van der Waals surface area contributed by atoms with E-state index in [1.54, 1.807) is 7.11 Å². The summed E-state index contributed by atoms with van der Waals surface area (Å²) in [4.78, 5) is 128. The number of unbranched alkanes of at least 4 members (excludes halogenated alkanes) is 6. The minimum Gasteiger partial charge on any atom is -0.394 e. The van der Waals surface area contributed by atoms with Gasteiger partial charge in [-0.25, -0.2) is 0 Å². The van der Waals surface area contributed by atoms with E-state index in [1.165, 1.54) is 13.8 Å². The van der Waals surface area contributed by atoms with Crippen molar-refractivity contribution in [3.05, 3.63) is 0 Å². The molecular weight excluding hydrogens is 1220 g/mol. The normalized spacial score (nSPS) is 21.7. The first kappa shape index (κ1) is 83.4. The molecule has 0 aromatic heterocycles. The molecule has 2 aliphatic heterocycles. The van der Waals surface area contributed by atoms with Gasteiger partial charge in [0.05, 0.1) is 13.2 Å². The number of hydrogen-bond acceptors (Lipinski definition) is 21. The van der Waals surface area contributed by atoms with Crippen LogP contribution in [0.4, 0.5) is 0 Å². The summed E-state index contributed by atoms with van der Waals surface area (Å²) in [5, 5.41) is 88.5. The van der Waals surface area contributed by atoms with Crippen molar-refractivity contribution in [3.63, 3.8) is 0 Å². The first-order chi connectivity index (χ1) is 44.6. The number of carbonyl (C=O) groups is 10. The second kappa shape index (κ2) is 49.8. The third-order valence-corrected chi connectivity index (χ3v) is 15.7. The molecule has 536 valence electrons. The molecule has 31 nitrogen and oxygen atoms in total. The summed E-state index contributed by atoms with van der Waals surface area (Å²) < 4.78 is 27.6. The van der Waals surface area contributed by atoms with Crippen LogP contribution in [0.2, 0.25) is 0 Å². The van der Waals surface area contributed by atoms with E-state index in [-0.39, 0.29) is 158 Å². The maximum atomic E-state index is 13.9. The van der Waals surface area contributed by atoms with Crippen molar-refractivity contribution in [1.82, 2.24) is 53.2 Å². The Morgan fingerprint density at radius 3 is 1.06 bits per heavy atom. The van der Waals surface area contributed by atoms with Crippen molar-refractivity contribution >= 4 is 59.1 Å². The smallest absolute Gasteiger partial charge is 0.220 e. The lowest BCUT2D eigenvalue weighted by molar-refractivity contribution is -0.270. The maximum absolute atomic E-state index is 13.9. The minimum absolute atomic E-state index is 0.0209. The molecule has 0 aromatic carbocycles. The average molecular weight is 1330 g/mol. The quantitative estimate of drug-likeness (QED) is 0.0293. The number of ether oxygens (including phenoxy) is 5. The Kier molecular flexibility index (Phi) is 44.6. The number of hydrogen-bond donors (Lipinski definition) is 16. The van der Waals surface area contributed by atoms with Gasteiger partial charge in [0, 0.05) is 143 Å². The summed E-state index contributed by atoms with van der Waals surface area (Å²) in [6.07, 6.45) is -1.69. The predicted molar refractivity (Wildman–Crippen MR) is 338 cm³/mol. The Morgan fingerprint density at radius 1 is 0.387 bits per heavy atom. The molecule has 2 aliphatic rings. The Hall–Kier alpha value is -5.74. The first-order valence-electron chi connectivity index (χ1n) is 33.3. The lowest BCUT2D eigenvalue weighted by Gasteiger charge is -2.42. The number of aliphatic hydroxyl groups is 6. The predicted octanol–water partition coefficient (Wildman–Crippen LogP) is -2.01. The van der Waals surface area contributed by atoms with Gasteiger partial charge in [-0.1, -0.05) is 26.2 Å². The van der Waals surface area contributed by atoms with Gasteiger partial charge < -0.3 is 107 Å². The molecule has 16 N–H and O–H groups in total. The number of amides is 10. The van der Waals surface area contributed by atoms with Gasteiger partial charge in [-0.2, -0.15) is 0 Å². The van der Waals surface area contributed by atoms with Crippen molar-refractivity contribution < 1.29 is 102 Å². The van der Waals surface area contributed by atoms with Crippen LogP contribution in [0.15, 0.2) is 0 Å². The van der Waals surface area contributed by atoms with Crippen LogP contribution in [-0.4, -0.2) is 242 Å². The van der Waals surface area contributed by atoms with E-state index >= 15 is 0 Å². The van der Waals surface area contributed by atoms with Gasteiger partial charge in [0.25, 0.3) is 0 Å². The summed E-state index contributed by atoms with van der Waals surface area (Å²) in [5.74, 6) is -3.34. The van der Waals surface area contributed by atoms with Crippen LogP contribution in [0.5, 0.6) is 0 Å². The van der Waals surface area contributed by atoms with E-state index in [0.29, 0.717) is 71.1 Å². The monoisotopic (exact) mass is 1330 g/mol. The van der Waals surface area contributed by atoms with Crippen LogP contribution >= 0.6 is 0 Å². The van der Waals surface area contributed by atoms with Crippen molar-refractivity contribution in [2.45, 2.75) is 248 Å². The van der Waals surface area contributed by atoms with Gasteiger partial charge in [-0.05, 0) is 89.9 Å². The fourth-order valence-corrected chi connectivity index (χ4v) is 10.3. The largest absolute Gasteiger partial charge is 0.394 e. The molecule has 2 heterocycles. The number of nitrogens with one attached hydrogen (secondary N) is 10. The number of carbonyl (C=O) groups excluding carboxylic acids is 10. The third-order valence-electron chi connectivity index (χ3n) is 15.7. The van der Waals surface area contributed by atoms with E-state index in [2.05, 4.69) is 53.2 Å². The Morgan fingerprint density at radius 2 is 0.710 bits per heavy atom. The van der Waals surface area contributed by atoms with Crippen LogP contribution in [0.3, 0.4) is 0 Å². The zero-order valence-electron chi connectivity index (χ0n) is 55.2. The number of methoxy groups -OCH3 is 1. The molecule has 0 saturated carbocycles. The van der Waals surface area contributed by atoms with Gasteiger partial charge in [0.15, 0.2) is 12.6 Å². The van der Waals surface area contributed by atoms with Gasteiger partial charge in [0.1, 0.15) is 48.7 Å². The van der Waals surface area contributed by atoms with E-state index < -0.39 is 97.8 Å². The molecule has 0 spiro atoms. The highest BCUT2D eigenvalue weighted by Crippen LogP contribution is 2.28.